The Morgan fingerprint density at radius 1 is 1.28 bits per heavy atom. The number of nitrogens with zero attached hydrogens (tertiary/aromatic N) is 2. The monoisotopic (exact) mass is 335 g/mol. The average Bonchev–Trinajstić information content (AvgIpc) is 3.24. The fourth-order valence-electron chi connectivity index (χ4n) is 3.32. The molecular weight excluding hydrogens is 314 g/mol. The molecule has 0 radical (unpaired) electrons. The van der Waals surface area contributed by atoms with Gasteiger partial charge in [-0.05, 0) is 61.1 Å². The highest BCUT2D eigenvalue weighted by Crippen LogP contribution is 2.25. The highest BCUT2D eigenvalue weighted by Gasteiger charge is 2.12. The lowest BCUT2D eigenvalue weighted by molar-refractivity contribution is -0.123. The molecule has 0 unspecified atom stereocenters. The molecule has 0 atom stereocenters. The van der Waals surface area contributed by atoms with Gasteiger partial charge < -0.3 is 14.5 Å². The van der Waals surface area contributed by atoms with Crippen molar-refractivity contribution in [3.8, 4) is 5.75 Å². The number of benzene rings is 1. The van der Waals surface area contributed by atoms with E-state index in [1.165, 1.54) is 17.5 Å². The summed E-state index contributed by atoms with van der Waals surface area (Å²) in [4.78, 5) is 16.6. The van der Waals surface area contributed by atoms with E-state index in [-0.39, 0.29) is 12.5 Å². The van der Waals surface area contributed by atoms with Crippen LogP contribution in [0.5, 0.6) is 5.75 Å². The Kier molecular flexibility index (Phi) is 4.14. The van der Waals surface area contributed by atoms with E-state index in [0.29, 0.717) is 6.54 Å². The first-order valence-corrected chi connectivity index (χ1v) is 8.63. The molecule has 25 heavy (non-hydrogen) atoms. The molecule has 0 saturated heterocycles. The topological polar surface area (TPSA) is 55.6 Å². The summed E-state index contributed by atoms with van der Waals surface area (Å²) in [6, 6.07) is 10.1. The number of ether oxygens (including phenoxy) is 1. The van der Waals surface area contributed by atoms with Crippen LogP contribution in [0.4, 0.5) is 0 Å². The van der Waals surface area contributed by atoms with Crippen LogP contribution in [-0.2, 0) is 24.2 Å². The number of carbonyl (C=O) groups excluding carboxylic acids is 1. The molecule has 5 heteroatoms. The molecule has 128 valence electrons. The highest BCUT2D eigenvalue weighted by atomic mass is 16.5. The van der Waals surface area contributed by atoms with E-state index in [1.807, 2.05) is 41.9 Å². The second-order valence-corrected chi connectivity index (χ2v) is 6.50. The van der Waals surface area contributed by atoms with E-state index >= 15 is 0 Å². The van der Waals surface area contributed by atoms with Crippen LogP contribution in [0, 0.1) is 6.92 Å². The third kappa shape index (κ3) is 3.36. The molecule has 1 aliphatic rings. The van der Waals surface area contributed by atoms with Crippen molar-refractivity contribution in [1.82, 2.24) is 14.7 Å². The Morgan fingerprint density at radius 2 is 2.16 bits per heavy atom. The molecule has 2 heterocycles. The van der Waals surface area contributed by atoms with Gasteiger partial charge in [-0.1, -0.05) is 12.1 Å². The van der Waals surface area contributed by atoms with Gasteiger partial charge in [-0.3, -0.25) is 4.79 Å². The number of amides is 1. The summed E-state index contributed by atoms with van der Waals surface area (Å²) in [7, 11) is 0. The van der Waals surface area contributed by atoms with Crippen LogP contribution < -0.4 is 10.1 Å². The van der Waals surface area contributed by atoms with Crippen molar-refractivity contribution in [3.63, 3.8) is 0 Å². The molecule has 1 amide bonds. The molecular formula is C20H21N3O2. The van der Waals surface area contributed by atoms with Crippen LogP contribution in [0.2, 0.25) is 0 Å². The van der Waals surface area contributed by atoms with Crippen LogP contribution in [0.15, 0.2) is 42.7 Å². The maximum atomic E-state index is 12.0. The summed E-state index contributed by atoms with van der Waals surface area (Å²) >= 11 is 0. The van der Waals surface area contributed by atoms with Gasteiger partial charge >= 0.3 is 0 Å². The molecule has 3 aromatic rings. The second-order valence-electron chi connectivity index (χ2n) is 6.50. The molecule has 0 aliphatic heterocycles. The summed E-state index contributed by atoms with van der Waals surface area (Å²) < 4.78 is 7.59. The predicted molar refractivity (Wildman–Crippen MR) is 95.7 cm³/mol. The zero-order valence-electron chi connectivity index (χ0n) is 14.3. The SMILES string of the molecule is Cc1cccn2cc(CNC(=O)COc3ccc4c(c3)CCC4)nc12. The van der Waals surface area contributed by atoms with Crippen molar-refractivity contribution in [3.05, 3.63) is 65.1 Å². The van der Waals surface area contributed by atoms with Gasteiger partial charge in [0.2, 0.25) is 0 Å². The number of fused-ring (bicyclic) bond motifs is 2. The van der Waals surface area contributed by atoms with E-state index < -0.39 is 0 Å². The van der Waals surface area contributed by atoms with Gasteiger partial charge in [0.25, 0.3) is 5.91 Å². The predicted octanol–water partition coefficient (Wildman–Crippen LogP) is 2.83. The van der Waals surface area contributed by atoms with Crippen molar-refractivity contribution in [1.29, 1.82) is 0 Å². The molecule has 2 aromatic heterocycles. The normalized spacial score (nSPS) is 13.0. The zero-order valence-corrected chi connectivity index (χ0v) is 14.3. The second kappa shape index (κ2) is 6.59. The Hall–Kier alpha value is -2.82. The quantitative estimate of drug-likeness (QED) is 0.780. The molecule has 0 fully saturated rings. The zero-order chi connectivity index (χ0) is 17.2. The third-order valence-corrected chi connectivity index (χ3v) is 4.63. The summed E-state index contributed by atoms with van der Waals surface area (Å²) in [5.41, 5.74) is 5.61. The highest BCUT2D eigenvalue weighted by molar-refractivity contribution is 5.77. The van der Waals surface area contributed by atoms with Gasteiger partial charge in [-0.25, -0.2) is 4.98 Å². The standard InChI is InChI=1S/C20H21N3O2/c1-14-4-3-9-23-12-17(22-20(14)23)11-21-19(24)13-25-18-8-7-15-5-2-6-16(15)10-18/h3-4,7-10,12H,2,5-6,11,13H2,1H3,(H,21,24). The van der Waals surface area contributed by atoms with Crippen LogP contribution >= 0.6 is 0 Å². The molecule has 1 aliphatic carbocycles. The fourth-order valence-corrected chi connectivity index (χ4v) is 3.32. The van der Waals surface area contributed by atoms with E-state index in [1.54, 1.807) is 0 Å². The largest absolute Gasteiger partial charge is 0.484 e. The number of rotatable bonds is 5. The van der Waals surface area contributed by atoms with Gasteiger partial charge in [0.1, 0.15) is 11.4 Å². The van der Waals surface area contributed by atoms with Crippen LogP contribution in [0.1, 0.15) is 28.8 Å². The maximum absolute atomic E-state index is 12.0. The number of carbonyl (C=O) groups is 1. The Bertz CT molecular complexity index is 930. The lowest BCUT2D eigenvalue weighted by atomic mass is 10.1. The third-order valence-electron chi connectivity index (χ3n) is 4.63. The minimum atomic E-state index is -0.144. The fraction of sp³-hybridized carbons (Fsp3) is 0.300. The first-order chi connectivity index (χ1) is 12.2. The van der Waals surface area contributed by atoms with E-state index in [9.17, 15) is 4.79 Å². The van der Waals surface area contributed by atoms with Crippen molar-refractivity contribution in [2.24, 2.45) is 0 Å². The van der Waals surface area contributed by atoms with Gasteiger partial charge in [0.05, 0.1) is 12.2 Å². The average molecular weight is 335 g/mol. The number of imidazole rings is 1. The molecule has 1 aromatic carbocycles. The number of aryl methyl sites for hydroxylation is 3. The number of aromatic nitrogens is 2. The molecule has 1 N–H and O–H groups in total. The summed E-state index contributed by atoms with van der Waals surface area (Å²) in [6.45, 7) is 2.44. The molecule has 0 spiro atoms. The van der Waals surface area contributed by atoms with Crippen molar-refractivity contribution in [2.75, 3.05) is 6.61 Å². The first kappa shape index (κ1) is 15.7. The number of pyridine rings is 1. The van der Waals surface area contributed by atoms with Gasteiger partial charge in [-0.15, -0.1) is 0 Å². The van der Waals surface area contributed by atoms with Crippen molar-refractivity contribution >= 4 is 11.6 Å². The molecule has 5 nitrogen and oxygen atoms in total. The Morgan fingerprint density at radius 3 is 3.04 bits per heavy atom. The first-order valence-electron chi connectivity index (χ1n) is 8.63. The van der Waals surface area contributed by atoms with E-state index in [0.717, 1.165) is 35.5 Å². The van der Waals surface area contributed by atoms with Gasteiger partial charge in [-0.2, -0.15) is 0 Å². The number of hydrogen-bond acceptors (Lipinski definition) is 3. The molecule has 0 bridgehead atoms. The smallest absolute Gasteiger partial charge is 0.258 e. The van der Waals surface area contributed by atoms with Gasteiger partial charge in [0.15, 0.2) is 6.61 Å². The minimum Gasteiger partial charge on any atom is -0.484 e. The van der Waals surface area contributed by atoms with E-state index in [4.69, 9.17) is 4.74 Å². The van der Waals surface area contributed by atoms with E-state index in [2.05, 4.69) is 22.4 Å². The summed E-state index contributed by atoms with van der Waals surface area (Å²) in [5.74, 6) is 0.619. The Labute approximate surface area is 146 Å². The maximum Gasteiger partial charge on any atom is 0.258 e. The Balaban J connectivity index is 1.32. The lowest BCUT2D eigenvalue weighted by Crippen LogP contribution is -2.28. The summed E-state index contributed by atoms with van der Waals surface area (Å²) in [5, 5.41) is 2.86. The summed E-state index contributed by atoms with van der Waals surface area (Å²) in [6.07, 6.45) is 7.35. The van der Waals surface area contributed by atoms with Crippen molar-refractivity contribution < 1.29 is 9.53 Å². The molecule has 0 saturated carbocycles. The van der Waals surface area contributed by atoms with Crippen LogP contribution in [-0.4, -0.2) is 21.9 Å². The van der Waals surface area contributed by atoms with Crippen molar-refractivity contribution in [2.45, 2.75) is 32.7 Å². The lowest BCUT2D eigenvalue weighted by Gasteiger charge is -2.08. The number of nitrogens with one attached hydrogen (secondary N) is 1. The minimum absolute atomic E-state index is 0.0190. The van der Waals surface area contributed by atoms with Crippen LogP contribution in [0.25, 0.3) is 5.65 Å². The molecule has 4 rings (SSSR count). The number of hydrogen-bond donors (Lipinski definition) is 1. The van der Waals surface area contributed by atoms with Crippen LogP contribution in [0.3, 0.4) is 0 Å². The van der Waals surface area contributed by atoms with Gasteiger partial charge in [0, 0.05) is 12.4 Å².